The average Bonchev–Trinajstić information content (AvgIpc) is 3.14. The predicted molar refractivity (Wildman–Crippen MR) is 94.3 cm³/mol. The first kappa shape index (κ1) is 17.3. The normalized spacial score (nSPS) is 16.6. The summed E-state index contributed by atoms with van der Waals surface area (Å²) in [5, 5.41) is 8.21. The van der Waals surface area contributed by atoms with E-state index in [1.54, 1.807) is 29.4 Å². The van der Waals surface area contributed by atoms with Crippen LogP contribution in [0, 0.1) is 0 Å². The third-order valence-electron chi connectivity index (χ3n) is 4.19. The highest BCUT2D eigenvalue weighted by Gasteiger charge is 2.24. The molecule has 0 bridgehead atoms. The van der Waals surface area contributed by atoms with Crippen LogP contribution in [0.15, 0.2) is 36.7 Å². The minimum atomic E-state index is -0.134. The van der Waals surface area contributed by atoms with E-state index in [0.29, 0.717) is 18.8 Å². The summed E-state index contributed by atoms with van der Waals surface area (Å²) in [7, 11) is 3.78. The zero-order chi connectivity index (χ0) is 17.6. The second-order valence-electron chi connectivity index (χ2n) is 6.35. The first-order valence-corrected chi connectivity index (χ1v) is 8.44. The average molecular weight is 341 g/mol. The number of nitrogens with zero attached hydrogens (tertiary/aromatic N) is 5. The Bertz CT molecular complexity index is 684. The molecule has 0 saturated carbocycles. The Hall–Kier alpha value is -2.54. The van der Waals surface area contributed by atoms with E-state index >= 15 is 0 Å². The van der Waals surface area contributed by atoms with Gasteiger partial charge in [-0.25, -0.2) is 0 Å². The maximum atomic E-state index is 13.0. The summed E-state index contributed by atoms with van der Waals surface area (Å²) >= 11 is 0. The van der Waals surface area contributed by atoms with Crippen LogP contribution in [0.3, 0.4) is 0 Å². The molecule has 1 fully saturated rings. The number of pyridine rings is 1. The minimum absolute atomic E-state index is 0.0831. The van der Waals surface area contributed by atoms with Gasteiger partial charge in [-0.15, -0.1) is 10.2 Å². The summed E-state index contributed by atoms with van der Waals surface area (Å²) in [4.78, 5) is 20.6. The number of ether oxygens (including phenoxy) is 1. The number of aromatic nitrogens is 3. The lowest BCUT2D eigenvalue weighted by Gasteiger charge is -2.25. The minimum Gasteiger partial charge on any atom is -0.376 e. The molecule has 25 heavy (non-hydrogen) atoms. The molecule has 1 amide bonds. The number of carbonyl (C=O) groups is 1. The van der Waals surface area contributed by atoms with Crippen molar-refractivity contribution in [1.29, 1.82) is 0 Å². The quantitative estimate of drug-likeness (QED) is 0.797. The molecule has 0 N–H and O–H groups in total. The van der Waals surface area contributed by atoms with Gasteiger partial charge in [-0.05, 0) is 42.7 Å². The molecule has 2 aromatic rings. The number of amides is 1. The summed E-state index contributed by atoms with van der Waals surface area (Å²) in [6.45, 7) is 1.82. The van der Waals surface area contributed by atoms with Gasteiger partial charge in [-0.2, -0.15) is 0 Å². The van der Waals surface area contributed by atoms with Crippen LogP contribution >= 0.6 is 0 Å². The van der Waals surface area contributed by atoms with E-state index in [4.69, 9.17) is 4.74 Å². The van der Waals surface area contributed by atoms with Gasteiger partial charge in [0.25, 0.3) is 5.91 Å². The van der Waals surface area contributed by atoms with Gasteiger partial charge in [0, 0.05) is 46.2 Å². The van der Waals surface area contributed by atoms with E-state index in [2.05, 4.69) is 15.2 Å². The molecule has 7 nitrogen and oxygen atoms in total. The predicted octanol–water partition coefficient (Wildman–Crippen LogP) is 1.76. The molecule has 132 valence electrons. The van der Waals surface area contributed by atoms with Gasteiger partial charge in [0.15, 0.2) is 11.5 Å². The van der Waals surface area contributed by atoms with E-state index in [0.717, 1.165) is 30.8 Å². The molecule has 1 aliphatic heterocycles. The molecule has 0 radical (unpaired) electrons. The van der Waals surface area contributed by atoms with Crippen molar-refractivity contribution in [2.45, 2.75) is 25.5 Å². The van der Waals surface area contributed by atoms with E-state index in [1.165, 1.54) is 0 Å². The first-order valence-electron chi connectivity index (χ1n) is 8.44. The van der Waals surface area contributed by atoms with Gasteiger partial charge in [0.1, 0.15) is 0 Å². The molecule has 1 saturated heterocycles. The Morgan fingerprint density at radius 2 is 2.00 bits per heavy atom. The lowest BCUT2D eigenvalue weighted by molar-refractivity contribution is 0.0502. The Morgan fingerprint density at radius 3 is 2.60 bits per heavy atom. The lowest BCUT2D eigenvalue weighted by atomic mass is 10.2. The van der Waals surface area contributed by atoms with Gasteiger partial charge in [-0.1, -0.05) is 0 Å². The molecule has 3 rings (SSSR count). The molecule has 3 heterocycles. The molecule has 0 aliphatic carbocycles. The summed E-state index contributed by atoms with van der Waals surface area (Å²) < 4.78 is 5.71. The lowest BCUT2D eigenvalue weighted by Crippen LogP contribution is -2.37. The van der Waals surface area contributed by atoms with Crippen molar-refractivity contribution in [3.8, 4) is 0 Å². The molecule has 0 aromatic carbocycles. The van der Waals surface area contributed by atoms with Crippen molar-refractivity contribution in [2.75, 3.05) is 32.1 Å². The summed E-state index contributed by atoms with van der Waals surface area (Å²) in [6, 6.07) is 7.35. The van der Waals surface area contributed by atoms with Crippen LogP contribution in [-0.4, -0.2) is 59.3 Å². The Labute approximate surface area is 147 Å². The second kappa shape index (κ2) is 8.02. The smallest absolute Gasteiger partial charge is 0.274 e. The zero-order valence-corrected chi connectivity index (χ0v) is 14.6. The summed E-state index contributed by atoms with van der Waals surface area (Å²) in [5.74, 6) is 0.585. The Kier molecular flexibility index (Phi) is 5.55. The molecule has 1 atom stereocenters. The Morgan fingerprint density at radius 1 is 1.20 bits per heavy atom. The van der Waals surface area contributed by atoms with Crippen molar-refractivity contribution < 1.29 is 9.53 Å². The van der Waals surface area contributed by atoms with E-state index in [1.807, 2.05) is 31.1 Å². The third-order valence-corrected chi connectivity index (χ3v) is 4.19. The number of carbonyl (C=O) groups excluding carboxylic acids is 1. The second-order valence-corrected chi connectivity index (χ2v) is 6.35. The van der Waals surface area contributed by atoms with Crippen LogP contribution in [0.2, 0.25) is 0 Å². The molecular weight excluding hydrogens is 318 g/mol. The molecule has 0 spiro atoms. The van der Waals surface area contributed by atoms with E-state index < -0.39 is 0 Å². The fourth-order valence-corrected chi connectivity index (χ4v) is 2.80. The number of hydrogen-bond donors (Lipinski definition) is 0. The standard InChI is InChI=1S/C18H23N5O2/c1-22(2)17-6-5-16(20-21-17)18(24)23(13-15-4-3-11-25-15)12-14-7-9-19-10-8-14/h5-10,15H,3-4,11-13H2,1-2H3/t15-/m1/s1. The maximum Gasteiger partial charge on any atom is 0.274 e. The van der Waals surface area contributed by atoms with Gasteiger partial charge >= 0.3 is 0 Å². The van der Waals surface area contributed by atoms with Crippen LogP contribution in [0.4, 0.5) is 5.82 Å². The molecule has 2 aromatic heterocycles. The van der Waals surface area contributed by atoms with Crippen LogP contribution in [0.25, 0.3) is 0 Å². The summed E-state index contributed by atoms with van der Waals surface area (Å²) in [6.07, 6.45) is 5.57. The van der Waals surface area contributed by atoms with Gasteiger partial charge in [0.05, 0.1) is 6.10 Å². The SMILES string of the molecule is CN(C)c1ccc(C(=O)N(Cc2ccncc2)C[C@H]2CCCO2)nn1. The van der Waals surface area contributed by atoms with E-state index in [9.17, 15) is 4.79 Å². The number of hydrogen-bond acceptors (Lipinski definition) is 6. The first-order chi connectivity index (χ1) is 12.1. The van der Waals surface area contributed by atoms with E-state index in [-0.39, 0.29) is 12.0 Å². The van der Waals surface area contributed by atoms with Crippen molar-refractivity contribution in [1.82, 2.24) is 20.1 Å². The van der Waals surface area contributed by atoms with Crippen molar-refractivity contribution in [2.24, 2.45) is 0 Å². The maximum absolute atomic E-state index is 13.0. The largest absolute Gasteiger partial charge is 0.376 e. The molecular formula is C18H23N5O2. The fraction of sp³-hybridized carbons (Fsp3) is 0.444. The molecule has 1 aliphatic rings. The molecule has 7 heteroatoms. The summed E-state index contributed by atoms with van der Waals surface area (Å²) in [5.41, 5.74) is 1.37. The Balaban J connectivity index is 1.77. The topological polar surface area (TPSA) is 71.5 Å². The highest BCUT2D eigenvalue weighted by molar-refractivity contribution is 5.92. The number of anilines is 1. The van der Waals surface area contributed by atoms with Crippen LogP contribution < -0.4 is 4.90 Å². The van der Waals surface area contributed by atoms with Gasteiger partial charge in [-0.3, -0.25) is 9.78 Å². The fourth-order valence-electron chi connectivity index (χ4n) is 2.80. The molecule has 0 unspecified atom stereocenters. The highest BCUT2D eigenvalue weighted by Crippen LogP contribution is 2.17. The monoisotopic (exact) mass is 341 g/mol. The zero-order valence-electron chi connectivity index (χ0n) is 14.6. The number of rotatable bonds is 6. The van der Waals surface area contributed by atoms with Crippen molar-refractivity contribution in [3.63, 3.8) is 0 Å². The highest BCUT2D eigenvalue weighted by atomic mass is 16.5. The van der Waals surface area contributed by atoms with Crippen LogP contribution in [-0.2, 0) is 11.3 Å². The third kappa shape index (κ3) is 4.51. The van der Waals surface area contributed by atoms with Gasteiger partial charge in [0.2, 0.25) is 0 Å². The van der Waals surface area contributed by atoms with Crippen molar-refractivity contribution in [3.05, 3.63) is 47.9 Å². The van der Waals surface area contributed by atoms with Crippen molar-refractivity contribution >= 4 is 11.7 Å². The van der Waals surface area contributed by atoms with Gasteiger partial charge < -0.3 is 14.5 Å². The van der Waals surface area contributed by atoms with Crippen LogP contribution in [0.5, 0.6) is 0 Å². The van der Waals surface area contributed by atoms with Crippen LogP contribution in [0.1, 0.15) is 28.9 Å².